The summed E-state index contributed by atoms with van der Waals surface area (Å²) in [4.78, 5) is 1.36. The van der Waals surface area contributed by atoms with Crippen LogP contribution in [-0.2, 0) is 11.2 Å². The summed E-state index contributed by atoms with van der Waals surface area (Å²) in [6.45, 7) is 4.92. The predicted octanol–water partition coefficient (Wildman–Crippen LogP) is 4.09. The van der Waals surface area contributed by atoms with E-state index < -0.39 is 0 Å². The highest BCUT2D eigenvalue weighted by Crippen LogP contribution is 2.23. The van der Waals surface area contributed by atoms with Crippen LogP contribution in [0.25, 0.3) is 0 Å². The highest BCUT2D eigenvalue weighted by Gasteiger charge is 2.19. The molecule has 20 heavy (non-hydrogen) atoms. The van der Waals surface area contributed by atoms with Gasteiger partial charge in [-0.2, -0.15) is 0 Å². The maximum atomic E-state index is 6.24. The monoisotopic (exact) mass is 289 g/mol. The number of aryl methyl sites for hydroxylation is 1. The molecule has 0 amide bonds. The second-order valence-electron chi connectivity index (χ2n) is 5.11. The molecule has 1 aromatic carbocycles. The van der Waals surface area contributed by atoms with Gasteiger partial charge in [0.15, 0.2) is 0 Å². The van der Waals surface area contributed by atoms with Crippen LogP contribution in [-0.4, -0.2) is 12.6 Å². The second kappa shape index (κ2) is 7.58. The molecule has 0 spiro atoms. The average molecular weight is 289 g/mol. The van der Waals surface area contributed by atoms with Gasteiger partial charge in [0.25, 0.3) is 0 Å². The molecule has 1 heterocycles. The predicted molar refractivity (Wildman–Crippen MR) is 86.2 cm³/mol. The molecule has 0 fully saturated rings. The molecule has 2 N–H and O–H groups in total. The van der Waals surface area contributed by atoms with Gasteiger partial charge >= 0.3 is 0 Å². The smallest absolute Gasteiger partial charge is 0.0975 e. The lowest BCUT2D eigenvalue weighted by atomic mass is 9.99. The first-order chi connectivity index (χ1) is 9.70. The van der Waals surface area contributed by atoms with Crippen molar-refractivity contribution in [3.05, 3.63) is 57.8 Å². The van der Waals surface area contributed by atoms with Crippen LogP contribution in [0.3, 0.4) is 0 Å². The topological polar surface area (TPSA) is 35.2 Å². The fourth-order valence-corrected chi connectivity index (χ4v) is 2.96. The first-order valence-corrected chi connectivity index (χ1v) is 8.04. The Morgan fingerprint density at radius 1 is 1.25 bits per heavy atom. The summed E-state index contributed by atoms with van der Waals surface area (Å²) in [6.07, 6.45) is 1.86. The van der Waals surface area contributed by atoms with Crippen molar-refractivity contribution in [2.24, 2.45) is 5.73 Å². The lowest BCUT2D eigenvalue weighted by Gasteiger charge is -2.24. The van der Waals surface area contributed by atoms with E-state index in [4.69, 9.17) is 10.5 Å². The Bertz CT molecular complexity index is 509. The lowest BCUT2D eigenvalue weighted by molar-refractivity contribution is 0.0357. The summed E-state index contributed by atoms with van der Waals surface area (Å²) >= 11 is 1.78. The van der Waals surface area contributed by atoms with E-state index >= 15 is 0 Å². The van der Waals surface area contributed by atoms with Crippen molar-refractivity contribution in [2.75, 3.05) is 6.61 Å². The Morgan fingerprint density at radius 3 is 2.75 bits per heavy atom. The van der Waals surface area contributed by atoms with Gasteiger partial charge in [0, 0.05) is 17.3 Å². The Morgan fingerprint density at radius 2 is 2.10 bits per heavy atom. The zero-order chi connectivity index (χ0) is 14.4. The fourth-order valence-electron chi connectivity index (χ4n) is 2.27. The highest BCUT2D eigenvalue weighted by molar-refractivity contribution is 7.09. The van der Waals surface area contributed by atoms with Crippen LogP contribution in [0.15, 0.2) is 41.8 Å². The molecule has 0 aliphatic heterocycles. The summed E-state index contributed by atoms with van der Waals surface area (Å²) in [7, 11) is 0. The molecule has 0 saturated carbocycles. The third-order valence-corrected chi connectivity index (χ3v) is 4.39. The maximum absolute atomic E-state index is 6.24. The molecular formula is C17H23NOS. The Balaban J connectivity index is 2.00. The van der Waals surface area contributed by atoms with Crippen molar-refractivity contribution >= 4 is 11.3 Å². The van der Waals surface area contributed by atoms with Gasteiger partial charge in [0.05, 0.1) is 12.7 Å². The summed E-state index contributed by atoms with van der Waals surface area (Å²) in [5, 5.41) is 2.10. The van der Waals surface area contributed by atoms with Gasteiger partial charge < -0.3 is 10.5 Å². The van der Waals surface area contributed by atoms with Gasteiger partial charge in [-0.25, -0.2) is 0 Å². The number of hydrogen-bond donors (Lipinski definition) is 1. The average Bonchev–Trinajstić information content (AvgIpc) is 2.96. The standard InChI is InChI=1S/C17H23NOS/c1-3-16(18)17(14-7-4-6-13(2)12-14)19-10-9-15-8-5-11-20-15/h4-8,11-12,16-17H,3,9-10,18H2,1-2H3. The van der Waals surface area contributed by atoms with Crippen LogP contribution < -0.4 is 5.73 Å². The summed E-state index contributed by atoms with van der Waals surface area (Å²) in [5.41, 5.74) is 8.67. The molecule has 0 bridgehead atoms. The summed E-state index contributed by atoms with van der Waals surface area (Å²) in [6, 6.07) is 12.7. The van der Waals surface area contributed by atoms with Gasteiger partial charge in [-0.1, -0.05) is 42.8 Å². The van der Waals surface area contributed by atoms with Gasteiger partial charge in [-0.3, -0.25) is 0 Å². The molecule has 2 rings (SSSR count). The van der Waals surface area contributed by atoms with Crippen molar-refractivity contribution in [2.45, 2.75) is 38.8 Å². The van der Waals surface area contributed by atoms with E-state index in [1.165, 1.54) is 16.0 Å². The molecule has 2 atom stereocenters. The zero-order valence-corrected chi connectivity index (χ0v) is 13.0. The van der Waals surface area contributed by atoms with Gasteiger partial charge in [-0.05, 0) is 30.4 Å². The van der Waals surface area contributed by atoms with Crippen LogP contribution >= 0.6 is 11.3 Å². The van der Waals surface area contributed by atoms with Crippen molar-refractivity contribution < 1.29 is 4.74 Å². The third kappa shape index (κ3) is 4.17. The Kier molecular flexibility index (Phi) is 5.77. The number of nitrogens with two attached hydrogens (primary N) is 1. The molecule has 0 radical (unpaired) electrons. The van der Waals surface area contributed by atoms with E-state index in [0.717, 1.165) is 12.8 Å². The fraction of sp³-hybridized carbons (Fsp3) is 0.412. The number of rotatable bonds is 7. The largest absolute Gasteiger partial charge is 0.372 e. The van der Waals surface area contributed by atoms with Crippen LogP contribution in [0.5, 0.6) is 0 Å². The van der Waals surface area contributed by atoms with Crippen LogP contribution in [0.2, 0.25) is 0 Å². The van der Waals surface area contributed by atoms with Gasteiger partial charge in [0.1, 0.15) is 0 Å². The first kappa shape index (κ1) is 15.2. The van der Waals surface area contributed by atoms with Crippen molar-refractivity contribution in [1.29, 1.82) is 0 Å². The Hall–Kier alpha value is -1.16. The SMILES string of the molecule is CCC(N)C(OCCc1cccs1)c1cccc(C)c1. The molecule has 108 valence electrons. The highest BCUT2D eigenvalue weighted by atomic mass is 32.1. The van der Waals surface area contributed by atoms with E-state index in [2.05, 4.69) is 55.6 Å². The molecule has 2 nitrogen and oxygen atoms in total. The van der Waals surface area contributed by atoms with E-state index in [-0.39, 0.29) is 12.1 Å². The first-order valence-electron chi connectivity index (χ1n) is 7.17. The van der Waals surface area contributed by atoms with Gasteiger partial charge in [-0.15, -0.1) is 11.3 Å². The molecule has 0 saturated heterocycles. The van der Waals surface area contributed by atoms with E-state index in [1.54, 1.807) is 11.3 Å². The van der Waals surface area contributed by atoms with E-state index in [1.807, 2.05) is 0 Å². The lowest BCUT2D eigenvalue weighted by Crippen LogP contribution is -2.30. The number of thiophene rings is 1. The zero-order valence-electron chi connectivity index (χ0n) is 12.2. The van der Waals surface area contributed by atoms with Gasteiger partial charge in [0.2, 0.25) is 0 Å². The minimum Gasteiger partial charge on any atom is -0.372 e. The number of hydrogen-bond acceptors (Lipinski definition) is 3. The minimum atomic E-state index is -0.0140. The molecule has 0 aliphatic carbocycles. The van der Waals surface area contributed by atoms with Crippen LogP contribution in [0.1, 0.15) is 35.5 Å². The Labute approximate surface area is 125 Å². The minimum absolute atomic E-state index is 0.0140. The number of benzene rings is 1. The summed E-state index contributed by atoms with van der Waals surface area (Å²) in [5.74, 6) is 0. The molecule has 2 unspecified atom stereocenters. The van der Waals surface area contributed by atoms with Crippen LogP contribution in [0.4, 0.5) is 0 Å². The van der Waals surface area contributed by atoms with E-state index in [0.29, 0.717) is 6.61 Å². The van der Waals surface area contributed by atoms with Crippen molar-refractivity contribution in [3.8, 4) is 0 Å². The molecule has 2 aromatic rings. The molecular weight excluding hydrogens is 266 g/mol. The quantitative estimate of drug-likeness (QED) is 0.833. The van der Waals surface area contributed by atoms with Crippen LogP contribution in [0, 0.1) is 6.92 Å². The number of ether oxygens (including phenoxy) is 1. The maximum Gasteiger partial charge on any atom is 0.0975 e. The molecule has 0 aliphatic rings. The van der Waals surface area contributed by atoms with Crippen molar-refractivity contribution in [1.82, 2.24) is 0 Å². The normalized spacial score (nSPS) is 14.2. The summed E-state index contributed by atoms with van der Waals surface area (Å²) < 4.78 is 6.09. The van der Waals surface area contributed by atoms with Crippen molar-refractivity contribution in [3.63, 3.8) is 0 Å². The second-order valence-corrected chi connectivity index (χ2v) is 6.14. The third-order valence-electron chi connectivity index (χ3n) is 3.46. The molecule has 1 aromatic heterocycles. The van der Waals surface area contributed by atoms with E-state index in [9.17, 15) is 0 Å². The molecule has 3 heteroatoms.